The van der Waals surface area contributed by atoms with Crippen molar-refractivity contribution in [2.24, 2.45) is 0 Å². The summed E-state index contributed by atoms with van der Waals surface area (Å²) in [5.74, 6) is 0.779. The number of nitrogens with zero attached hydrogens (tertiary/aromatic N) is 4. The molecule has 2 aromatic rings. The molecule has 0 saturated carbocycles. The Morgan fingerprint density at radius 2 is 2.18 bits per heavy atom. The first-order valence-corrected chi connectivity index (χ1v) is 7.65. The van der Waals surface area contributed by atoms with Gasteiger partial charge in [-0.15, -0.1) is 0 Å². The van der Waals surface area contributed by atoms with E-state index in [0.717, 1.165) is 37.2 Å². The molecule has 1 aliphatic heterocycles. The van der Waals surface area contributed by atoms with Crippen LogP contribution in [0.4, 0.5) is 0 Å². The van der Waals surface area contributed by atoms with E-state index in [9.17, 15) is 5.11 Å². The van der Waals surface area contributed by atoms with Gasteiger partial charge >= 0.3 is 0 Å². The molecule has 0 bridgehead atoms. The minimum Gasteiger partial charge on any atom is -0.497 e. The molecule has 1 aromatic heterocycles. The number of likely N-dealkylation sites (tertiary alicyclic amines) is 1. The summed E-state index contributed by atoms with van der Waals surface area (Å²) in [7, 11) is 1.64. The molecular formula is C16H22N4O2. The monoisotopic (exact) mass is 302 g/mol. The van der Waals surface area contributed by atoms with E-state index in [1.165, 1.54) is 0 Å². The number of β-amino-alcohol motifs (C(OH)–C–C–N with tert-alkyl or cyclic N) is 1. The van der Waals surface area contributed by atoms with Crippen LogP contribution in [0.1, 0.15) is 30.6 Å². The fourth-order valence-corrected chi connectivity index (χ4v) is 2.97. The molecule has 22 heavy (non-hydrogen) atoms. The normalized spacial score (nSPS) is 18.3. The molecule has 118 valence electrons. The third-order valence-corrected chi connectivity index (χ3v) is 4.28. The highest BCUT2D eigenvalue weighted by Crippen LogP contribution is 2.24. The summed E-state index contributed by atoms with van der Waals surface area (Å²) >= 11 is 0. The van der Waals surface area contributed by atoms with E-state index < -0.39 is 6.10 Å². The van der Waals surface area contributed by atoms with E-state index in [1.807, 2.05) is 28.9 Å². The summed E-state index contributed by atoms with van der Waals surface area (Å²) < 4.78 is 7.15. The predicted octanol–water partition coefficient (Wildman–Crippen LogP) is 1.66. The zero-order valence-electron chi connectivity index (χ0n) is 12.8. The first-order valence-electron chi connectivity index (χ1n) is 7.65. The number of aliphatic hydroxyl groups is 1. The topological polar surface area (TPSA) is 63.4 Å². The van der Waals surface area contributed by atoms with Gasteiger partial charge in [-0.1, -0.05) is 12.1 Å². The standard InChI is InChI=1S/C16H22N4O2/c1-22-15-4-2-3-13(9-15)16(21)10-19-7-5-14(6-8-19)20-12-17-11-18-20/h2-4,9,11-12,14,16,21H,5-8,10H2,1H3. The number of rotatable bonds is 5. The van der Waals surface area contributed by atoms with Crippen LogP contribution >= 0.6 is 0 Å². The molecule has 6 heteroatoms. The molecule has 1 aromatic carbocycles. The van der Waals surface area contributed by atoms with E-state index >= 15 is 0 Å². The SMILES string of the molecule is COc1cccc(C(O)CN2CCC(n3cncn3)CC2)c1. The summed E-state index contributed by atoms with van der Waals surface area (Å²) in [6.07, 6.45) is 4.95. The van der Waals surface area contributed by atoms with Crippen molar-refractivity contribution in [1.82, 2.24) is 19.7 Å². The predicted molar refractivity (Wildman–Crippen MR) is 82.7 cm³/mol. The second kappa shape index (κ2) is 6.89. The Labute approximate surface area is 130 Å². The second-order valence-electron chi connectivity index (χ2n) is 5.70. The number of hydrogen-bond acceptors (Lipinski definition) is 5. The van der Waals surface area contributed by atoms with Crippen molar-refractivity contribution in [3.8, 4) is 5.75 Å². The van der Waals surface area contributed by atoms with Crippen LogP contribution < -0.4 is 4.74 Å². The molecule has 1 N–H and O–H groups in total. The van der Waals surface area contributed by atoms with Gasteiger partial charge in [-0.3, -0.25) is 0 Å². The molecule has 0 spiro atoms. The minimum absolute atomic E-state index is 0.424. The highest BCUT2D eigenvalue weighted by atomic mass is 16.5. The summed E-state index contributed by atoms with van der Waals surface area (Å²) in [4.78, 5) is 6.31. The third kappa shape index (κ3) is 3.45. The largest absolute Gasteiger partial charge is 0.497 e. The van der Waals surface area contributed by atoms with Crippen molar-refractivity contribution in [3.63, 3.8) is 0 Å². The van der Waals surface area contributed by atoms with Gasteiger partial charge in [0.15, 0.2) is 0 Å². The molecule has 6 nitrogen and oxygen atoms in total. The fourth-order valence-electron chi connectivity index (χ4n) is 2.97. The zero-order chi connectivity index (χ0) is 15.4. The quantitative estimate of drug-likeness (QED) is 0.910. The fraction of sp³-hybridized carbons (Fsp3) is 0.500. The Morgan fingerprint density at radius 1 is 1.36 bits per heavy atom. The molecule has 0 aliphatic carbocycles. The lowest BCUT2D eigenvalue weighted by Crippen LogP contribution is -2.37. The minimum atomic E-state index is -0.488. The number of methoxy groups -OCH3 is 1. The first-order chi connectivity index (χ1) is 10.8. The molecule has 2 heterocycles. The maximum absolute atomic E-state index is 10.4. The van der Waals surface area contributed by atoms with Gasteiger partial charge in [0.1, 0.15) is 18.4 Å². The number of aromatic nitrogens is 3. The maximum atomic E-state index is 10.4. The third-order valence-electron chi connectivity index (χ3n) is 4.28. The smallest absolute Gasteiger partial charge is 0.137 e. The van der Waals surface area contributed by atoms with Crippen molar-refractivity contribution in [1.29, 1.82) is 0 Å². The van der Waals surface area contributed by atoms with Crippen molar-refractivity contribution < 1.29 is 9.84 Å². The number of benzene rings is 1. The van der Waals surface area contributed by atoms with Gasteiger partial charge in [0.05, 0.1) is 19.3 Å². The number of aliphatic hydroxyl groups excluding tert-OH is 1. The van der Waals surface area contributed by atoms with Gasteiger partial charge < -0.3 is 14.7 Å². The lowest BCUT2D eigenvalue weighted by atomic mass is 10.0. The second-order valence-corrected chi connectivity index (χ2v) is 5.70. The van der Waals surface area contributed by atoms with E-state index in [2.05, 4.69) is 15.0 Å². The highest BCUT2D eigenvalue weighted by molar-refractivity contribution is 5.29. The number of ether oxygens (including phenoxy) is 1. The Balaban J connectivity index is 1.53. The average molecular weight is 302 g/mol. The Kier molecular flexibility index (Phi) is 4.70. The Morgan fingerprint density at radius 3 is 2.86 bits per heavy atom. The highest BCUT2D eigenvalue weighted by Gasteiger charge is 2.23. The van der Waals surface area contributed by atoms with Crippen molar-refractivity contribution >= 4 is 0 Å². The van der Waals surface area contributed by atoms with Crippen molar-refractivity contribution in [2.75, 3.05) is 26.7 Å². The lowest BCUT2D eigenvalue weighted by molar-refractivity contribution is 0.0888. The summed E-state index contributed by atoms with van der Waals surface area (Å²) in [6.45, 7) is 2.58. The van der Waals surface area contributed by atoms with E-state index in [1.54, 1.807) is 19.8 Å². The summed E-state index contributed by atoms with van der Waals surface area (Å²) in [5.41, 5.74) is 0.901. The molecule has 1 atom stereocenters. The van der Waals surface area contributed by atoms with Crippen LogP contribution in [0, 0.1) is 0 Å². The van der Waals surface area contributed by atoms with Crippen LogP contribution in [0.2, 0.25) is 0 Å². The maximum Gasteiger partial charge on any atom is 0.137 e. The average Bonchev–Trinajstić information content (AvgIpc) is 3.10. The molecule has 3 rings (SSSR count). The van der Waals surface area contributed by atoms with Gasteiger partial charge in [0.25, 0.3) is 0 Å². The zero-order valence-corrected chi connectivity index (χ0v) is 12.8. The van der Waals surface area contributed by atoms with Crippen molar-refractivity contribution in [3.05, 3.63) is 42.5 Å². The van der Waals surface area contributed by atoms with Gasteiger partial charge in [0, 0.05) is 19.6 Å². The Bertz CT molecular complexity index is 580. The van der Waals surface area contributed by atoms with Crippen LogP contribution in [0.5, 0.6) is 5.75 Å². The molecule has 1 aliphatic rings. The first kappa shape index (κ1) is 15.0. The van der Waals surface area contributed by atoms with E-state index in [0.29, 0.717) is 12.6 Å². The number of hydrogen-bond donors (Lipinski definition) is 1. The van der Waals surface area contributed by atoms with Crippen LogP contribution in [-0.4, -0.2) is 51.5 Å². The number of piperidine rings is 1. The molecule has 0 amide bonds. The van der Waals surface area contributed by atoms with Gasteiger partial charge in [0.2, 0.25) is 0 Å². The van der Waals surface area contributed by atoms with Crippen LogP contribution in [-0.2, 0) is 0 Å². The molecule has 1 unspecified atom stereocenters. The molecular weight excluding hydrogens is 280 g/mol. The summed E-state index contributed by atoms with van der Waals surface area (Å²) in [6, 6.07) is 8.06. The van der Waals surface area contributed by atoms with Crippen LogP contribution in [0.15, 0.2) is 36.9 Å². The molecule has 0 radical (unpaired) electrons. The van der Waals surface area contributed by atoms with E-state index in [4.69, 9.17) is 4.74 Å². The van der Waals surface area contributed by atoms with Crippen LogP contribution in [0.3, 0.4) is 0 Å². The molecule has 1 fully saturated rings. The molecule has 1 saturated heterocycles. The van der Waals surface area contributed by atoms with Gasteiger partial charge in [-0.25, -0.2) is 9.67 Å². The summed E-state index contributed by atoms with van der Waals surface area (Å²) in [5, 5.41) is 14.6. The Hall–Kier alpha value is -1.92. The van der Waals surface area contributed by atoms with E-state index in [-0.39, 0.29) is 0 Å². The van der Waals surface area contributed by atoms with Crippen molar-refractivity contribution in [2.45, 2.75) is 25.0 Å². The lowest BCUT2D eigenvalue weighted by Gasteiger charge is -2.33. The van der Waals surface area contributed by atoms with Crippen LogP contribution in [0.25, 0.3) is 0 Å². The van der Waals surface area contributed by atoms with Gasteiger partial charge in [-0.2, -0.15) is 5.10 Å². The van der Waals surface area contributed by atoms with Gasteiger partial charge in [-0.05, 0) is 30.5 Å².